The number of carbonyl (C=O) groups is 1. The minimum Gasteiger partial charge on any atom is -0.388 e. The van der Waals surface area contributed by atoms with Gasteiger partial charge in [-0.2, -0.15) is 0 Å². The molecule has 0 radical (unpaired) electrons. The van der Waals surface area contributed by atoms with E-state index in [0.29, 0.717) is 12.8 Å². The molecule has 0 bridgehead atoms. The molecule has 2 unspecified atom stereocenters. The van der Waals surface area contributed by atoms with Gasteiger partial charge in [-0.1, -0.05) is 34.1 Å². The normalized spacial score (nSPS) is 15.6. The Bertz CT molecular complexity index is 215. The quantitative estimate of drug-likeness (QED) is 0.611. The van der Waals surface area contributed by atoms with Gasteiger partial charge >= 0.3 is 0 Å². The van der Waals surface area contributed by atoms with Gasteiger partial charge in [0, 0.05) is 6.54 Å². The Hall–Kier alpha value is -0.610. The molecule has 0 fully saturated rings. The molecule has 0 rings (SSSR count). The average molecular weight is 230 g/mol. The number of carbonyl (C=O) groups excluding carboxylic acids is 1. The van der Waals surface area contributed by atoms with E-state index in [1.165, 1.54) is 0 Å². The maximum absolute atomic E-state index is 11.7. The molecule has 96 valence electrons. The van der Waals surface area contributed by atoms with Gasteiger partial charge in [0.05, 0.1) is 11.6 Å². The number of aliphatic hydroxyl groups is 1. The number of nitrogens with one attached hydrogen (secondary N) is 1. The fraction of sp³-hybridized carbons (Fsp3) is 0.917. The first-order valence-corrected chi connectivity index (χ1v) is 6.15. The second-order valence-corrected chi connectivity index (χ2v) is 4.56. The highest BCUT2D eigenvalue weighted by Gasteiger charge is 2.25. The lowest BCUT2D eigenvalue weighted by molar-refractivity contribution is -0.124. The summed E-state index contributed by atoms with van der Waals surface area (Å²) in [5, 5.41) is 12.7. The molecule has 4 N–H and O–H groups in total. The van der Waals surface area contributed by atoms with Crippen LogP contribution in [0.3, 0.4) is 0 Å². The Balaban J connectivity index is 4.16. The van der Waals surface area contributed by atoms with Gasteiger partial charge in [-0.25, -0.2) is 0 Å². The van der Waals surface area contributed by atoms with Crippen LogP contribution in [0.1, 0.15) is 47.0 Å². The molecule has 0 aromatic carbocycles. The van der Waals surface area contributed by atoms with Crippen LogP contribution in [0.5, 0.6) is 0 Å². The van der Waals surface area contributed by atoms with Crippen molar-refractivity contribution in [1.29, 1.82) is 0 Å². The molecule has 16 heavy (non-hydrogen) atoms. The zero-order valence-corrected chi connectivity index (χ0v) is 10.9. The van der Waals surface area contributed by atoms with Crippen molar-refractivity contribution in [3.63, 3.8) is 0 Å². The number of amides is 1. The van der Waals surface area contributed by atoms with Crippen LogP contribution < -0.4 is 11.1 Å². The smallest absolute Gasteiger partial charge is 0.237 e. The number of hydrogen-bond acceptors (Lipinski definition) is 3. The Morgan fingerprint density at radius 3 is 2.25 bits per heavy atom. The predicted octanol–water partition coefficient (Wildman–Crippen LogP) is 1.03. The van der Waals surface area contributed by atoms with Gasteiger partial charge in [-0.15, -0.1) is 0 Å². The number of hydrogen-bond donors (Lipinski definition) is 3. The van der Waals surface area contributed by atoms with Crippen LogP contribution >= 0.6 is 0 Å². The molecule has 0 saturated carbocycles. The summed E-state index contributed by atoms with van der Waals surface area (Å²) in [6.07, 6.45) is 2.13. The van der Waals surface area contributed by atoms with E-state index >= 15 is 0 Å². The van der Waals surface area contributed by atoms with Gasteiger partial charge in [-0.3, -0.25) is 4.79 Å². The van der Waals surface area contributed by atoms with E-state index in [0.717, 1.165) is 6.42 Å². The molecular weight excluding hydrogens is 204 g/mol. The highest BCUT2D eigenvalue weighted by Crippen LogP contribution is 2.13. The maximum Gasteiger partial charge on any atom is 0.237 e. The lowest BCUT2D eigenvalue weighted by Crippen LogP contribution is -2.49. The van der Waals surface area contributed by atoms with Crippen LogP contribution in [0.4, 0.5) is 0 Å². The first-order valence-electron chi connectivity index (χ1n) is 6.15. The van der Waals surface area contributed by atoms with Crippen molar-refractivity contribution in [3.05, 3.63) is 0 Å². The molecule has 0 aliphatic rings. The number of rotatable bonds is 7. The fourth-order valence-corrected chi connectivity index (χ4v) is 1.38. The van der Waals surface area contributed by atoms with E-state index in [1.54, 1.807) is 0 Å². The molecule has 0 aromatic heterocycles. The zero-order valence-electron chi connectivity index (χ0n) is 10.9. The highest BCUT2D eigenvalue weighted by molar-refractivity contribution is 5.81. The lowest BCUT2D eigenvalue weighted by Gasteiger charge is -2.27. The van der Waals surface area contributed by atoms with Gasteiger partial charge < -0.3 is 16.2 Å². The van der Waals surface area contributed by atoms with E-state index < -0.39 is 11.6 Å². The van der Waals surface area contributed by atoms with Gasteiger partial charge in [-0.05, 0) is 18.8 Å². The van der Waals surface area contributed by atoms with Gasteiger partial charge in [0.25, 0.3) is 0 Å². The average Bonchev–Trinajstić information content (AvgIpc) is 2.33. The summed E-state index contributed by atoms with van der Waals surface area (Å²) in [6, 6.07) is -0.483. The molecule has 4 heteroatoms. The van der Waals surface area contributed by atoms with Crippen LogP contribution in [-0.2, 0) is 4.79 Å². The fourth-order valence-electron chi connectivity index (χ4n) is 1.38. The summed E-state index contributed by atoms with van der Waals surface area (Å²) < 4.78 is 0. The van der Waals surface area contributed by atoms with E-state index in [4.69, 9.17) is 5.73 Å². The Kier molecular flexibility index (Phi) is 6.60. The summed E-state index contributed by atoms with van der Waals surface area (Å²) >= 11 is 0. The summed E-state index contributed by atoms with van der Waals surface area (Å²) in [6.45, 7) is 8.06. The summed E-state index contributed by atoms with van der Waals surface area (Å²) in [5.41, 5.74) is 4.99. The molecule has 4 nitrogen and oxygen atoms in total. The molecule has 0 aliphatic carbocycles. The largest absolute Gasteiger partial charge is 0.388 e. The minimum absolute atomic E-state index is 0.163. The van der Waals surface area contributed by atoms with Crippen LogP contribution in [0, 0.1) is 5.92 Å². The Labute approximate surface area is 98.6 Å². The number of nitrogens with two attached hydrogens (primary N) is 1. The van der Waals surface area contributed by atoms with Crippen LogP contribution in [-0.4, -0.2) is 29.2 Å². The third-order valence-corrected chi connectivity index (χ3v) is 3.47. The molecule has 1 amide bonds. The SMILES string of the molecule is CCC(C)C(N)C(=O)NCC(O)(CC)CC. The maximum atomic E-state index is 11.7. The topological polar surface area (TPSA) is 75.4 Å². The molecule has 0 aromatic rings. The summed E-state index contributed by atoms with van der Waals surface area (Å²) in [7, 11) is 0. The lowest BCUT2D eigenvalue weighted by atomic mass is 9.96. The van der Waals surface area contributed by atoms with E-state index in [9.17, 15) is 9.90 Å². The van der Waals surface area contributed by atoms with Gasteiger partial charge in [0.1, 0.15) is 0 Å². The first kappa shape index (κ1) is 15.4. The van der Waals surface area contributed by atoms with Crippen molar-refractivity contribution in [2.45, 2.75) is 58.6 Å². The third-order valence-electron chi connectivity index (χ3n) is 3.47. The second-order valence-electron chi connectivity index (χ2n) is 4.56. The molecule has 0 spiro atoms. The highest BCUT2D eigenvalue weighted by atomic mass is 16.3. The predicted molar refractivity (Wildman–Crippen MR) is 66.0 cm³/mol. The Morgan fingerprint density at radius 2 is 1.88 bits per heavy atom. The van der Waals surface area contributed by atoms with E-state index in [2.05, 4.69) is 5.32 Å². The van der Waals surface area contributed by atoms with Crippen molar-refractivity contribution in [3.8, 4) is 0 Å². The van der Waals surface area contributed by atoms with Crippen LogP contribution in [0.25, 0.3) is 0 Å². The third kappa shape index (κ3) is 4.49. The molecular formula is C12H26N2O2. The second kappa shape index (κ2) is 6.86. The van der Waals surface area contributed by atoms with Crippen molar-refractivity contribution < 1.29 is 9.90 Å². The van der Waals surface area contributed by atoms with Crippen molar-refractivity contribution in [2.24, 2.45) is 11.7 Å². The van der Waals surface area contributed by atoms with Gasteiger partial charge in [0.2, 0.25) is 5.91 Å². The zero-order chi connectivity index (χ0) is 12.8. The van der Waals surface area contributed by atoms with Crippen molar-refractivity contribution in [2.75, 3.05) is 6.54 Å². The van der Waals surface area contributed by atoms with Gasteiger partial charge in [0.15, 0.2) is 0 Å². The molecule has 0 saturated heterocycles. The summed E-state index contributed by atoms with van der Waals surface area (Å²) in [4.78, 5) is 11.7. The van der Waals surface area contributed by atoms with Crippen LogP contribution in [0.2, 0.25) is 0 Å². The monoisotopic (exact) mass is 230 g/mol. The summed E-state index contributed by atoms with van der Waals surface area (Å²) in [5.74, 6) is -0.00831. The van der Waals surface area contributed by atoms with Crippen molar-refractivity contribution in [1.82, 2.24) is 5.32 Å². The Morgan fingerprint density at radius 1 is 1.38 bits per heavy atom. The molecule has 2 atom stereocenters. The van der Waals surface area contributed by atoms with Crippen molar-refractivity contribution >= 4 is 5.91 Å². The van der Waals surface area contributed by atoms with E-state index in [1.807, 2.05) is 27.7 Å². The van der Waals surface area contributed by atoms with Crippen LogP contribution in [0.15, 0.2) is 0 Å². The van der Waals surface area contributed by atoms with E-state index in [-0.39, 0.29) is 18.4 Å². The minimum atomic E-state index is -0.801. The molecule has 0 aliphatic heterocycles. The first-order chi connectivity index (χ1) is 7.40. The standard InChI is InChI=1S/C12H26N2O2/c1-5-9(4)10(13)11(15)14-8-12(16,6-2)7-3/h9-10,16H,5-8,13H2,1-4H3,(H,14,15). The molecule has 0 heterocycles.